The van der Waals surface area contributed by atoms with Gasteiger partial charge >= 0.3 is 0 Å². The topological polar surface area (TPSA) is 53.9 Å². The average molecular weight is 401 g/mol. The van der Waals surface area contributed by atoms with Gasteiger partial charge in [-0.1, -0.05) is 42.8 Å². The number of anilines is 1. The number of quaternary nitrogens is 1. The first kappa shape index (κ1) is 20.4. The predicted molar refractivity (Wildman–Crippen MR) is 112 cm³/mol. The van der Waals surface area contributed by atoms with E-state index in [1.165, 1.54) is 10.5 Å². The molecule has 1 fully saturated rings. The number of piperazine rings is 1. The Hall–Kier alpha value is -2.37. The molecular weight excluding hydrogens is 374 g/mol. The van der Waals surface area contributed by atoms with E-state index in [0.717, 1.165) is 25.2 Å². The highest BCUT2D eigenvalue weighted by Gasteiger charge is 2.31. The smallest absolute Gasteiger partial charge is 0.282 e. The van der Waals surface area contributed by atoms with Crippen molar-refractivity contribution < 1.29 is 14.5 Å². The Morgan fingerprint density at radius 2 is 1.75 bits per heavy atom. The van der Waals surface area contributed by atoms with E-state index in [1.807, 2.05) is 48.2 Å². The summed E-state index contributed by atoms with van der Waals surface area (Å²) in [4.78, 5) is 28.3. The molecule has 1 heterocycles. The molecule has 1 aliphatic rings. The summed E-state index contributed by atoms with van der Waals surface area (Å²) < 4.78 is 0. The first-order chi connectivity index (χ1) is 13.5. The van der Waals surface area contributed by atoms with Crippen molar-refractivity contribution in [2.75, 3.05) is 31.5 Å². The van der Waals surface area contributed by atoms with E-state index in [4.69, 9.17) is 11.6 Å². The molecule has 5 nitrogen and oxygen atoms in total. The summed E-state index contributed by atoms with van der Waals surface area (Å²) in [5, 5.41) is 3.48. The molecule has 0 radical (unpaired) electrons. The molecule has 2 N–H and O–H groups in total. The number of nitrogens with zero attached hydrogens (tertiary/aromatic N) is 1. The lowest BCUT2D eigenvalue weighted by atomic mass is 10.1. The van der Waals surface area contributed by atoms with Gasteiger partial charge in [-0.05, 0) is 43.2 Å². The molecule has 2 aromatic carbocycles. The third-order valence-corrected chi connectivity index (χ3v) is 5.76. The van der Waals surface area contributed by atoms with E-state index >= 15 is 0 Å². The van der Waals surface area contributed by atoms with E-state index in [-0.39, 0.29) is 17.9 Å². The van der Waals surface area contributed by atoms with E-state index in [2.05, 4.69) is 12.2 Å². The van der Waals surface area contributed by atoms with Crippen molar-refractivity contribution in [1.29, 1.82) is 0 Å². The second-order valence-corrected chi connectivity index (χ2v) is 7.60. The number of amides is 2. The molecule has 0 aromatic heterocycles. The van der Waals surface area contributed by atoms with Crippen LogP contribution in [0, 0.1) is 0 Å². The minimum Gasteiger partial charge on any atom is -0.327 e. The Balaban J connectivity index is 1.54. The Labute approximate surface area is 171 Å². The second-order valence-electron chi connectivity index (χ2n) is 7.19. The summed E-state index contributed by atoms with van der Waals surface area (Å²) >= 11 is 6.15. The molecular formula is C22H27ClN3O2+. The van der Waals surface area contributed by atoms with E-state index in [0.29, 0.717) is 23.7 Å². The van der Waals surface area contributed by atoms with Crippen LogP contribution in [-0.4, -0.2) is 48.9 Å². The lowest BCUT2D eigenvalue weighted by Crippen LogP contribution is -3.19. The standard InChI is InChI=1S/C22H26ClN3O2/c1-3-17-8-10-18(11-9-17)24-21(27)16(2)25-12-14-26(15-13-25)22(28)19-6-4-5-7-20(19)23/h4-11,16H,3,12-15H2,1-2H3,(H,24,27)/p+1/t16-/m1/s1. The number of nitrogens with one attached hydrogen (secondary N) is 2. The molecule has 1 saturated heterocycles. The lowest BCUT2D eigenvalue weighted by Gasteiger charge is -2.35. The highest BCUT2D eigenvalue weighted by Crippen LogP contribution is 2.17. The molecule has 6 heteroatoms. The zero-order valence-electron chi connectivity index (χ0n) is 16.4. The second kappa shape index (κ2) is 9.22. The summed E-state index contributed by atoms with van der Waals surface area (Å²) in [5.74, 6) is -0.0390. The lowest BCUT2D eigenvalue weighted by molar-refractivity contribution is -0.917. The van der Waals surface area contributed by atoms with Crippen LogP contribution >= 0.6 is 11.6 Å². The highest BCUT2D eigenvalue weighted by molar-refractivity contribution is 6.33. The highest BCUT2D eigenvalue weighted by atomic mass is 35.5. The van der Waals surface area contributed by atoms with E-state index < -0.39 is 0 Å². The third kappa shape index (κ3) is 4.72. The Morgan fingerprint density at radius 1 is 1.11 bits per heavy atom. The van der Waals surface area contributed by atoms with Gasteiger partial charge in [0.1, 0.15) is 0 Å². The average Bonchev–Trinajstić information content (AvgIpc) is 2.73. The van der Waals surface area contributed by atoms with Crippen molar-refractivity contribution in [3.05, 3.63) is 64.7 Å². The van der Waals surface area contributed by atoms with Gasteiger partial charge in [0.15, 0.2) is 6.04 Å². The minimum absolute atomic E-state index is 0.00475. The number of rotatable bonds is 5. The molecule has 0 saturated carbocycles. The number of carbonyl (C=O) groups is 2. The van der Waals surface area contributed by atoms with Crippen molar-refractivity contribution >= 4 is 29.1 Å². The van der Waals surface area contributed by atoms with Crippen LogP contribution in [0.25, 0.3) is 0 Å². The number of carbonyl (C=O) groups excluding carboxylic acids is 2. The fourth-order valence-electron chi connectivity index (χ4n) is 3.49. The molecule has 1 aliphatic heterocycles. The molecule has 3 rings (SSSR count). The van der Waals surface area contributed by atoms with Gasteiger partial charge in [0.2, 0.25) is 0 Å². The molecule has 0 spiro atoms. The maximum Gasteiger partial charge on any atom is 0.282 e. The monoisotopic (exact) mass is 400 g/mol. The molecule has 0 unspecified atom stereocenters. The SMILES string of the molecule is CCc1ccc(NC(=O)[C@@H](C)[NH+]2CCN(C(=O)c3ccccc3Cl)CC2)cc1. The Morgan fingerprint density at radius 3 is 2.36 bits per heavy atom. The maximum absolute atomic E-state index is 12.7. The first-order valence-corrected chi connectivity index (χ1v) is 10.2. The van der Waals surface area contributed by atoms with Crippen LogP contribution in [-0.2, 0) is 11.2 Å². The van der Waals surface area contributed by atoms with Gasteiger partial charge in [-0.3, -0.25) is 9.59 Å². The quantitative estimate of drug-likeness (QED) is 0.809. The fraction of sp³-hybridized carbons (Fsp3) is 0.364. The number of aryl methyl sites for hydroxylation is 1. The van der Waals surface area contributed by atoms with Gasteiger partial charge < -0.3 is 15.1 Å². The van der Waals surface area contributed by atoms with Gasteiger partial charge in [-0.25, -0.2) is 0 Å². The van der Waals surface area contributed by atoms with E-state index in [1.54, 1.807) is 12.1 Å². The molecule has 2 aromatic rings. The van der Waals surface area contributed by atoms with Crippen molar-refractivity contribution in [3.63, 3.8) is 0 Å². The number of hydrogen-bond donors (Lipinski definition) is 2. The third-order valence-electron chi connectivity index (χ3n) is 5.43. The van der Waals surface area contributed by atoms with Gasteiger partial charge in [-0.2, -0.15) is 0 Å². The summed E-state index contributed by atoms with van der Waals surface area (Å²) in [6.45, 7) is 6.75. The fourth-order valence-corrected chi connectivity index (χ4v) is 3.71. The summed E-state index contributed by atoms with van der Waals surface area (Å²) in [5.41, 5.74) is 2.60. The zero-order chi connectivity index (χ0) is 20.1. The van der Waals surface area contributed by atoms with Gasteiger partial charge in [0.05, 0.1) is 36.8 Å². The predicted octanol–water partition coefficient (Wildman–Crippen LogP) is 2.27. The Bertz CT molecular complexity index is 830. The van der Waals surface area contributed by atoms with Crippen LogP contribution < -0.4 is 10.2 Å². The summed E-state index contributed by atoms with van der Waals surface area (Å²) in [6, 6.07) is 14.9. The van der Waals surface area contributed by atoms with Gasteiger partial charge in [0, 0.05) is 5.69 Å². The van der Waals surface area contributed by atoms with Gasteiger partial charge in [0.25, 0.3) is 11.8 Å². The molecule has 0 aliphatic carbocycles. The number of hydrogen-bond acceptors (Lipinski definition) is 2. The van der Waals surface area contributed by atoms with Crippen molar-refractivity contribution in [3.8, 4) is 0 Å². The largest absolute Gasteiger partial charge is 0.327 e. The minimum atomic E-state index is -0.177. The van der Waals surface area contributed by atoms with Crippen LogP contribution in [0.3, 0.4) is 0 Å². The zero-order valence-corrected chi connectivity index (χ0v) is 17.1. The van der Waals surface area contributed by atoms with Crippen LogP contribution in [0.1, 0.15) is 29.8 Å². The van der Waals surface area contributed by atoms with Crippen molar-refractivity contribution in [2.45, 2.75) is 26.3 Å². The van der Waals surface area contributed by atoms with Crippen LogP contribution in [0.2, 0.25) is 5.02 Å². The maximum atomic E-state index is 12.7. The molecule has 2 amide bonds. The van der Waals surface area contributed by atoms with Crippen LogP contribution in [0.4, 0.5) is 5.69 Å². The van der Waals surface area contributed by atoms with Gasteiger partial charge in [-0.15, -0.1) is 0 Å². The molecule has 0 bridgehead atoms. The number of benzene rings is 2. The van der Waals surface area contributed by atoms with Crippen LogP contribution in [0.15, 0.2) is 48.5 Å². The van der Waals surface area contributed by atoms with E-state index in [9.17, 15) is 9.59 Å². The molecule has 148 valence electrons. The first-order valence-electron chi connectivity index (χ1n) is 9.77. The molecule has 28 heavy (non-hydrogen) atoms. The Kier molecular flexibility index (Phi) is 6.70. The number of halogens is 1. The van der Waals surface area contributed by atoms with Crippen molar-refractivity contribution in [2.24, 2.45) is 0 Å². The normalized spacial score (nSPS) is 15.9. The van der Waals surface area contributed by atoms with Crippen molar-refractivity contribution in [1.82, 2.24) is 4.90 Å². The van der Waals surface area contributed by atoms with Crippen LogP contribution in [0.5, 0.6) is 0 Å². The summed E-state index contributed by atoms with van der Waals surface area (Å²) in [7, 11) is 0. The summed E-state index contributed by atoms with van der Waals surface area (Å²) in [6.07, 6.45) is 0.978. The molecule has 1 atom stereocenters.